The summed E-state index contributed by atoms with van der Waals surface area (Å²) in [5.74, 6) is 2.28. The van der Waals surface area contributed by atoms with Gasteiger partial charge < -0.3 is 24.7 Å². The lowest BCUT2D eigenvalue weighted by Gasteiger charge is -2.30. The topological polar surface area (TPSA) is 74.9 Å². The number of hydrogen-bond acceptors (Lipinski definition) is 5. The van der Waals surface area contributed by atoms with Crippen LogP contribution >= 0.6 is 0 Å². The number of oxazole rings is 1. The predicted molar refractivity (Wildman–Crippen MR) is 107 cm³/mol. The van der Waals surface area contributed by atoms with E-state index in [2.05, 4.69) is 51.7 Å². The van der Waals surface area contributed by atoms with Gasteiger partial charge in [-0.15, -0.1) is 0 Å². The highest BCUT2D eigenvalue weighted by Gasteiger charge is 2.14. The number of nitrogens with one attached hydrogen (secondary N) is 2. The molecule has 0 unspecified atom stereocenters. The lowest BCUT2D eigenvalue weighted by molar-refractivity contribution is 0.122. The second-order valence-electron chi connectivity index (χ2n) is 6.53. The minimum atomic E-state index is 0.506. The number of ether oxygens (including phenoxy) is 1. The van der Waals surface area contributed by atoms with Gasteiger partial charge in [-0.1, -0.05) is 18.2 Å². The molecule has 1 aliphatic rings. The zero-order chi connectivity index (χ0) is 19.1. The minimum absolute atomic E-state index is 0.506. The lowest BCUT2D eigenvalue weighted by atomic mass is 10.1. The van der Waals surface area contributed by atoms with Crippen LogP contribution in [0.5, 0.6) is 0 Å². The van der Waals surface area contributed by atoms with E-state index in [9.17, 15) is 0 Å². The molecule has 3 rings (SSSR count). The fourth-order valence-corrected chi connectivity index (χ4v) is 3.04. The van der Waals surface area contributed by atoms with Crippen molar-refractivity contribution >= 4 is 11.6 Å². The molecular weight excluding hydrogens is 342 g/mol. The molecular formula is C20H29N5O2. The van der Waals surface area contributed by atoms with Crippen molar-refractivity contribution in [2.75, 3.05) is 37.7 Å². The van der Waals surface area contributed by atoms with Crippen molar-refractivity contribution < 1.29 is 9.15 Å². The minimum Gasteiger partial charge on any atom is -0.444 e. The SMILES string of the molecule is CCNC(=NCc1ccccc1N1CCOCC1)NCc1nc(C)c(C)o1. The molecule has 0 radical (unpaired) electrons. The van der Waals surface area contributed by atoms with Crippen molar-refractivity contribution in [3.63, 3.8) is 0 Å². The summed E-state index contributed by atoms with van der Waals surface area (Å²) in [7, 11) is 0. The van der Waals surface area contributed by atoms with E-state index in [0.29, 0.717) is 19.0 Å². The average Bonchev–Trinajstić information content (AvgIpc) is 3.02. The van der Waals surface area contributed by atoms with Crippen LogP contribution in [-0.2, 0) is 17.8 Å². The monoisotopic (exact) mass is 371 g/mol. The molecule has 0 amide bonds. The molecule has 0 saturated carbocycles. The number of aromatic nitrogens is 1. The number of rotatable bonds is 6. The number of para-hydroxylation sites is 1. The van der Waals surface area contributed by atoms with Gasteiger partial charge in [0.15, 0.2) is 5.96 Å². The van der Waals surface area contributed by atoms with Crippen LogP contribution in [0.2, 0.25) is 0 Å². The number of morpholine rings is 1. The zero-order valence-electron chi connectivity index (χ0n) is 16.4. The maximum atomic E-state index is 5.63. The number of benzene rings is 1. The van der Waals surface area contributed by atoms with E-state index in [1.54, 1.807) is 0 Å². The average molecular weight is 371 g/mol. The van der Waals surface area contributed by atoms with Gasteiger partial charge in [0, 0.05) is 25.3 Å². The van der Waals surface area contributed by atoms with Crippen molar-refractivity contribution in [3.05, 3.63) is 47.2 Å². The number of hydrogen-bond donors (Lipinski definition) is 2. The van der Waals surface area contributed by atoms with Crippen LogP contribution in [0.15, 0.2) is 33.7 Å². The fourth-order valence-electron chi connectivity index (χ4n) is 3.04. The summed E-state index contributed by atoms with van der Waals surface area (Å²) in [6.45, 7) is 11.2. The van der Waals surface area contributed by atoms with Gasteiger partial charge in [-0.3, -0.25) is 0 Å². The number of nitrogens with zero attached hydrogens (tertiary/aromatic N) is 3. The Balaban J connectivity index is 1.67. The van der Waals surface area contributed by atoms with Crippen LogP contribution in [0.3, 0.4) is 0 Å². The highest BCUT2D eigenvalue weighted by Crippen LogP contribution is 2.22. The third-order valence-corrected chi connectivity index (χ3v) is 4.58. The Kier molecular flexibility index (Phi) is 6.70. The molecule has 1 aromatic carbocycles. The summed E-state index contributed by atoms with van der Waals surface area (Å²) in [4.78, 5) is 11.5. The summed E-state index contributed by atoms with van der Waals surface area (Å²) >= 11 is 0. The first-order valence-electron chi connectivity index (χ1n) is 9.53. The van der Waals surface area contributed by atoms with Crippen molar-refractivity contribution in [2.45, 2.75) is 33.9 Å². The van der Waals surface area contributed by atoms with E-state index in [0.717, 1.165) is 50.3 Å². The fraction of sp³-hybridized carbons (Fsp3) is 0.500. The molecule has 7 heteroatoms. The molecule has 7 nitrogen and oxygen atoms in total. The van der Waals surface area contributed by atoms with Crippen LogP contribution in [0.4, 0.5) is 5.69 Å². The van der Waals surface area contributed by atoms with E-state index < -0.39 is 0 Å². The molecule has 0 atom stereocenters. The van der Waals surface area contributed by atoms with Crippen molar-refractivity contribution in [2.24, 2.45) is 4.99 Å². The molecule has 146 valence electrons. The standard InChI is InChI=1S/C20H29N5O2/c1-4-21-20(23-14-19-24-15(2)16(3)27-19)22-13-17-7-5-6-8-18(17)25-9-11-26-12-10-25/h5-8H,4,9-14H2,1-3H3,(H2,21,22,23). The largest absolute Gasteiger partial charge is 0.444 e. The first-order chi connectivity index (χ1) is 13.2. The maximum Gasteiger partial charge on any atom is 0.214 e. The van der Waals surface area contributed by atoms with Crippen LogP contribution < -0.4 is 15.5 Å². The number of guanidine groups is 1. The van der Waals surface area contributed by atoms with Crippen molar-refractivity contribution in [1.82, 2.24) is 15.6 Å². The Morgan fingerprint density at radius 1 is 1.19 bits per heavy atom. The molecule has 2 N–H and O–H groups in total. The van der Waals surface area contributed by atoms with Crippen LogP contribution in [0, 0.1) is 13.8 Å². The van der Waals surface area contributed by atoms with Gasteiger partial charge in [0.25, 0.3) is 0 Å². The van der Waals surface area contributed by atoms with Crippen molar-refractivity contribution in [3.8, 4) is 0 Å². The molecule has 27 heavy (non-hydrogen) atoms. The smallest absolute Gasteiger partial charge is 0.214 e. The molecule has 1 fully saturated rings. The van der Waals surface area contributed by atoms with Crippen LogP contribution in [0.25, 0.3) is 0 Å². The van der Waals surface area contributed by atoms with Gasteiger partial charge in [0.1, 0.15) is 5.76 Å². The highest BCUT2D eigenvalue weighted by molar-refractivity contribution is 5.79. The van der Waals surface area contributed by atoms with E-state index in [1.807, 2.05) is 13.8 Å². The first-order valence-corrected chi connectivity index (χ1v) is 9.53. The lowest BCUT2D eigenvalue weighted by Crippen LogP contribution is -2.37. The number of anilines is 1. The Bertz CT molecular complexity index is 746. The van der Waals surface area contributed by atoms with Gasteiger partial charge in [0.05, 0.1) is 32.0 Å². The molecule has 1 aliphatic heterocycles. The third kappa shape index (κ3) is 5.23. The summed E-state index contributed by atoms with van der Waals surface area (Å²) in [6, 6.07) is 8.44. The van der Waals surface area contributed by atoms with Gasteiger partial charge >= 0.3 is 0 Å². The summed E-state index contributed by atoms with van der Waals surface area (Å²) in [5, 5.41) is 6.58. The van der Waals surface area contributed by atoms with Gasteiger partial charge in [-0.25, -0.2) is 9.98 Å². The summed E-state index contributed by atoms with van der Waals surface area (Å²) in [5.41, 5.74) is 3.37. The molecule has 1 aromatic heterocycles. The van der Waals surface area contributed by atoms with E-state index >= 15 is 0 Å². The molecule has 0 bridgehead atoms. The number of aryl methyl sites for hydroxylation is 2. The molecule has 0 aliphatic carbocycles. The first kappa shape index (κ1) is 19.2. The Morgan fingerprint density at radius 2 is 1.96 bits per heavy atom. The normalized spacial score (nSPS) is 15.1. The Morgan fingerprint density at radius 3 is 2.67 bits per heavy atom. The van der Waals surface area contributed by atoms with E-state index in [1.165, 1.54) is 11.3 Å². The third-order valence-electron chi connectivity index (χ3n) is 4.58. The summed E-state index contributed by atoms with van der Waals surface area (Å²) < 4.78 is 11.1. The second-order valence-corrected chi connectivity index (χ2v) is 6.53. The predicted octanol–water partition coefficient (Wildman–Crippen LogP) is 2.38. The quantitative estimate of drug-likeness (QED) is 0.600. The number of aliphatic imine (C=N–C) groups is 1. The Labute approximate surface area is 160 Å². The van der Waals surface area contributed by atoms with E-state index in [-0.39, 0.29) is 0 Å². The van der Waals surface area contributed by atoms with Crippen LogP contribution in [0.1, 0.15) is 29.8 Å². The maximum absolute atomic E-state index is 5.63. The molecule has 2 heterocycles. The van der Waals surface area contributed by atoms with Crippen molar-refractivity contribution in [1.29, 1.82) is 0 Å². The zero-order valence-corrected chi connectivity index (χ0v) is 16.4. The Hall–Kier alpha value is -2.54. The van der Waals surface area contributed by atoms with Gasteiger partial charge in [0.2, 0.25) is 5.89 Å². The van der Waals surface area contributed by atoms with Gasteiger partial charge in [-0.2, -0.15) is 0 Å². The van der Waals surface area contributed by atoms with E-state index in [4.69, 9.17) is 14.1 Å². The molecule has 2 aromatic rings. The van der Waals surface area contributed by atoms with Crippen LogP contribution in [-0.4, -0.2) is 43.8 Å². The van der Waals surface area contributed by atoms with Gasteiger partial charge in [-0.05, 0) is 32.4 Å². The second kappa shape index (κ2) is 9.41. The molecule has 1 saturated heterocycles. The highest BCUT2D eigenvalue weighted by atomic mass is 16.5. The molecule has 0 spiro atoms. The summed E-state index contributed by atoms with van der Waals surface area (Å²) in [6.07, 6.45) is 0.